The number of imidazole rings is 1. The van der Waals surface area contributed by atoms with E-state index in [0.29, 0.717) is 4.77 Å². The highest BCUT2D eigenvalue weighted by Gasteiger charge is 2.11. The van der Waals surface area contributed by atoms with Crippen LogP contribution in [0, 0.1) is 4.77 Å². The van der Waals surface area contributed by atoms with Crippen molar-refractivity contribution in [3.05, 3.63) is 50.1 Å². The van der Waals surface area contributed by atoms with Crippen LogP contribution in [-0.4, -0.2) is 16.7 Å². The number of fused-ring (bicyclic) bond motifs is 1. The summed E-state index contributed by atoms with van der Waals surface area (Å²) in [5.41, 5.74) is 2.95. The third kappa shape index (κ3) is 2.32. The summed E-state index contributed by atoms with van der Waals surface area (Å²) in [6.07, 6.45) is 0. The predicted octanol–water partition coefficient (Wildman–Crippen LogP) is 5.22. The minimum absolute atomic E-state index is 0.645. The number of methoxy groups -OCH3 is 1. The topological polar surface area (TPSA) is 29.9 Å². The SMILES string of the molecule is COc1ccc(Br)c(-n2c(=S)[nH]c3ccc(Br)cc32)c1. The molecule has 3 rings (SSSR count). The van der Waals surface area contributed by atoms with Crippen LogP contribution in [0.3, 0.4) is 0 Å². The van der Waals surface area contributed by atoms with Crippen molar-refractivity contribution in [3.63, 3.8) is 0 Å². The van der Waals surface area contributed by atoms with Gasteiger partial charge in [0.1, 0.15) is 5.75 Å². The van der Waals surface area contributed by atoms with E-state index in [2.05, 4.69) is 36.8 Å². The van der Waals surface area contributed by atoms with E-state index in [-0.39, 0.29) is 0 Å². The standard InChI is InChI=1S/C14H10Br2N2OS/c1-19-9-3-4-10(16)12(7-9)18-13-6-8(15)2-5-11(13)17-14(18)20/h2-7H,1H3,(H,17,20). The number of benzene rings is 2. The van der Waals surface area contributed by atoms with Gasteiger partial charge in [-0.25, -0.2) is 0 Å². The van der Waals surface area contributed by atoms with Crippen LogP contribution in [0.5, 0.6) is 5.75 Å². The Bertz CT molecular complexity index is 854. The van der Waals surface area contributed by atoms with E-state index >= 15 is 0 Å². The monoisotopic (exact) mass is 412 g/mol. The fraction of sp³-hybridized carbons (Fsp3) is 0.0714. The van der Waals surface area contributed by atoms with Crippen molar-refractivity contribution in [3.8, 4) is 11.4 Å². The van der Waals surface area contributed by atoms with E-state index in [1.807, 2.05) is 41.0 Å². The quantitative estimate of drug-likeness (QED) is 0.583. The van der Waals surface area contributed by atoms with E-state index in [9.17, 15) is 0 Å². The van der Waals surface area contributed by atoms with Crippen LogP contribution in [0.2, 0.25) is 0 Å². The Morgan fingerprint density at radius 3 is 2.70 bits per heavy atom. The van der Waals surface area contributed by atoms with Gasteiger partial charge in [-0.2, -0.15) is 0 Å². The van der Waals surface area contributed by atoms with Gasteiger partial charge >= 0.3 is 0 Å². The predicted molar refractivity (Wildman–Crippen MR) is 90.4 cm³/mol. The summed E-state index contributed by atoms with van der Waals surface area (Å²) < 4.78 is 9.89. The van der Waals surface area contributed by atoms with Crippen molar-refractivity contribution < 1.29 is 4.74 Å². The Hall–Kier alpha value is -1.11. The molecule has 3 nitrogen and oxygen atoms in total. The van der Waals surface area contributed by atoms with Gasteiger partial charge in [-0.3, -0.25) is 4.57 Å². The van der Waals surface area contributed by atoms with Gasteiger partial charge < -0.3 is 9.72 Å². The number of rotatable bonds is 2. The summed E-state index contributed by atoms with van der Waals surface area (Å²) in [6, 6.07) is 11.8. The molecular weight excluding hydrogens is 404 g/mol. The van der Waals surface area contributed by atoms with E-state index in [1.54, 1.807) is 7.11 Å². The van der Waals surface area contributed by atoms with Gasteiger partial charge in [0.25, 0.3) is 0 Å². The number of nitrogens with zero attached hydrogens (tertiary/aromatic N) is 1. The van der Waals surface area contributed by atoms with Crippen LogP contribution in [0.15, 0.2) is 45.3 Å². The average molecular weight is 414 g/mol. The maximum Gasteiger partial charge on any atom is 0.182 e. The molecule has 0 aliphatic heterocycles. The third-order valence-corrected chi connectivity index (χ3v) is 4.49. The van der Waals surface area contributed by atoms with Crippen molar-refractivity contribution in [2.75, 3.05) is 7.11 Å². The maximum absolute atomic E-state index is 5.45. The fourth-order valence-corrected chi connectivity index (χ4v) is 3.19. The van der Waals surface area contributed by atoms with E-state index < -0.39 is 0 Å². The number of halogens is 2. The summed E-state index contributed by atoms with van der Waals surface area (Å²) in [7, 11) is 1.65. The number of nitrogens with one attached hydrogen (secondary N) is 1. The Labute approximate surface area is 137 Å². The highest BCUT2D eigenvalue weighted by molar-refractivity contribution is 9.10. The van der Waals surface area contributed by atoms with Crippen molar-refractivity contribution >= 4 is 55.1 Å². The van der Waals surface area contributed by atoms with Crippen molar-refractivity contribution in [1.82, 2.24) is 9.55 Å². The summed E-state index contributed by atoms with van der Waals surface area (Å²) in [5.74, 6) is 0.787. The van der Waals surface area contributed by atoms with E-state index in [4.69, 9.17) is 17.0 Å². The molecule has 0 spiro atoms. The molecule has 2 aromatic carbocycles. The van der Waals surface area contributed by atoms with Crippen molar-refractivity contribution in [2.24, 2.45) is 0 Å². The molecule has 0 amide bonds. The zero-order chi connectivity index (χ0) is 14.3. The number of H-pyrrole nitrogens is 1. The van der Waals surface area contributed by atoms with Gasteiger partial charge in [-0.15, -0.1) is 0 Å². The lowest BCUT2D eigenvalue weighted by Crippen LogP contribution is -1.96. The van der Waals surface area contributed by atoms with E-state index in [1.165, 1.54) is 0 Å². The van der Waals surface area contributed by atoms with Gasteiger partial charge in [-0.05, 0) is 58.5 Å². The molecule has 0 bridgehead atoms. The molecule has 1 heterocycles. The number of aromatic nitrogens is 2. The van der Waals surface area contributed by atoms with Gasteiger partial charge in [-0.1, -0.05) is 15.9 Å². The number of aromatic amines is 1. The molecule has 20 heavy (non-hydrogen) atoms. The highest BCUT2D eigenvalue weighted by atomic mass is 79.9. The molecule has 1 N–H and O–H groups in total. The van der Waals surface area contributed by atoms with E-state index in [0.717, 1.165) is 31.4 Å². The molecular formula is C14H10Br2N2OS. The molecule has 0 fully saturated rings. The van der Waals surface area contributed by atoms with Crippen molar-refractivity contribution in [1.29, 1.82) is 0 Å². The van der Waals surface area contributed by atoms with Gasteiger partial charge in [0.2, 0.25) is 0 Å². The third-order valence-electron chi connectivity index (χ3n) is 3.04. The zero-order valence-corrected chi connectivity index (χ0v) is 14.5. The molecule has 0 unspecified atom stereocenters. The second-order valence-corrected chi connectivity index (χ2v) is 6.40. The second-order valence-electron chi connectivity index (χ2n) is 4.24. The normalized spacial score (nSPS) is 10.9. The Morgan fingerprint density at radius 2 is 1.95 bits per heavy atom. The zero-order valence-electron chi connectivity index (χ0n) is 10.5. The summed E-state index contributed by atoms with van der Waals surface area (Å²) in [4.78, 5) is 3.21. The molecule has 3 aromatic rings. The van der Waals surface area contributed by atoms with Crippen LogP contribution in [0.25, 0.3) is 16.7 Å². The summed E-state index contributed by atoms with van der Waals surface area (Å²) in [6.45, 7) is 0. The Morgan fingerprint density at radius 1 is 1.15 bits per heavy atom. The average Bonchev–Trinajstić information content (AvgIpc) is 2.75. The van der Waals surface area contributed by atoms with Gasteiger partial charge in [0, 0.05) is 15.0 Å². The lowest BCUT2D eigenvalue weighted by molar-refractivity contribution is 0.414. The smallest absolute Gasteiger partial charge is 0.182 e. The van der Waals surface area contributed by atoms with Crippen LogP contribution < -0.4 is 4.74 Å². The second kappa shape index (κ2) is 5.35. The highest BCUT2D eigenvalue weighted by Crippen LogP contribution is 2.30. The summed E-state index contributed by atoms with van der Waals surface area (Å²) in [5, 5.41) is 0. The molecule has 0 saturated carbocycles. The molecule has 0 aliphatic carbocycles. The minimum Gasteiger partial charge on any atom is -0.497 e. The van der Waals surface area contributed by atoms with Crippen molar-refractivity contribution in [2.45, 2.75) is 0 Å². The minimum atomic E-state index is 0.645. The molecule has 1 aromatic heterocycles. The van der Waals surface area contributed by atoms with Crippen LogP contribution in [-0.2, 0) is 0 Å². The first-order valence-corrected chi connectivity index (χ1v) is 7.84. The Balaban J connectivity index is 2.37. The van der Waals surface area contributed by atoms with Crippen LogP contribution in [0.1, 0.15) is 0 Å². The molecule has 0 atom stereocenters. The first-order valence-electron chi connectivity index (χ1n) is 5.84. The Kier molecular flexibility index (Phi) is 3.70. The first kappa shape index (κ1) is 13.9. The molecule has 6 heteroatoms. The lowest BCUT2D eigenvalue weighted by atomic mass is 10.2. The molecule has 0 radical (unpaired) electrons. The number of ether oxygens (including phenoxy) is 1. The first-order chi connectivity index (χ1) is 9.60. The maximum atomic E-state index is 5.45. The molecule has 0 aliphatic rings. The lowest BCUT2D eigenvalue weighted by Gasteiger charge is -2.09. The van der Waals surface area contributed by atoms with Crippen LogP contribution in [0.4, 0.5) is 0 Å². The van der Waals surface area contributed by atoms with Crippen LogP contribution >= 0.6 is 44.1 Å². The largest absolute Gasteiger partial charge is 0.497 e. The number of hydrogen-bond donors (Lipinski definition) is 1. The molecule has 0 saturated heterocycles. The molecule has 102 valence electrons. The number of hydrogen-bond acceptors (Lipinski definition) is 2. The fourth-order valence-electron chi connectivity index (χ4n) is 2.11. The summed E-state index contributed by atoms with van der Waals surface area (Å²) >= 11 is 12.5. The van der Waals surface area contributed by atoms with Gasteiger partial charge in [0.05, 0.1) is 23.8 Å². The van der Waals surface area contributed by atoms with Gasteiger partial charge in [0.15, 0.2) is 4.77 Å².